The fourth-order valence-electron chi connectivity index (χ4n) is 2.04. The zero-order chi connectivity index (χ0) is 12.6. The molecule has 0 bridgehead atoms. The van der Waals surface area contributed by atoms with E-state index in [2.05, 4.69) is 60.7 Å². The van der Waals surface area contributed by atoms with Crippen LogP contribution in [0.5, 0.6) is 0 Å². The summed E-state index contributed by atoms with van der Waals surface area (Å²) in [6.45, 7) is 0.295. The third-order valence-corrected chi connectivity index (χ3v) is 4.67. The van der Waals surface area contributed by atoms with Gasteiger partial charge in [0.2, 0.25) is 0 Å². The molecule has 0 amide bonds. The quantitative estimate of drug-likeness (QED) is 0.619. The largest absolute Gasteiger partial charge is 0.396 e. The van der Waals surface area contributed by atoms with Crippen molar-refractivity contribution in [3.63, 3.8) is 0 Å². The van der Waals surface area contributed by atoms with E-state index in [1.807, 2.05) is 0 Å². The van der Waals surface area contributed by atoms with Crippen LogP contribution in [-0.2, 0) is 0 Å². The van der Waals surface area contributed by atoms with Crippen molar-refractivity contribution in [2.75, 3.05) is 6.61 Å². The van der Waals surface area contributed by atoms with Crippen molar-refractivity contribution in [2.24, 2.45) is 0 Å². The number of rotatable bonds is 6. The van der Waals surface area contributed by atoms with Crippen LogP contribution in [0.25, 0.3) is 0 Å². The first kappa shape index (κ1) is 13.1. The molecule has 0 saturated carbocycles. The standard InChI is InChI=1S/C16H18OSi/c17-12-7-13-18-16(14-8-3-1-4-9-14)15-10-5-2-6-11-15/h1-6,8-11,16-17H,7,12-13H2. The van der Waals surface area contributed by atoms with E-state index in [0.29, 0.717) is 12.1 Å². The van der Waals surface area contributed by atoms with Crippen LogP contribution in [-0.4, -0.2) is 21.2 Å². The van der Waals surface area contributed by atoms with Crippen molar-refractivity contribution in [2.45, 2.75) is 18.0 Å². The molecule has 2 radical (unpaired) electrons. The Morgan fingerprint density at radius 1 is 0.833 bits per heavy atom. The fourth-order valence-corrected chi connectivity index (χ4v) is 3.55. The van der Waals surface area contributed by atoms with Crippen LogP contribution >= 0.6 is 0 Å². The molecule has 1 N–H and O–H groups in total. The molecule has 2 heteroatoms. The van der Waals surface area contributed by atoms with Crippen molar-refractivity contribution in [1.82, 2.24) is 0 Å². The summed E-state index contributed by atoms with van der Waals surface area (Å²) in [5, 5.41) is 8.92. The van der Waals surface area contributed by atoms with E-state index in [0.717, 1.165) is 22.0 Å². The van der Waals surface area contributed by atoms with Gasteiger partial charge < -0.3 is 5.11 Å². The molecule has 1 nitrogen and oxygen atoms in total. The molecule has 0 fully saturated rings. The molecular formula is C16H18OSi. The smallest absolute Gasteiger partial charge is 0.0535 e. The molecule has 92 valence electrons. The average molecular weight is 254 g/mol. The van der Waals surface area contributed by atoms with Gasteiger partial charge >= 0.3 is 0 Å². The van der Waals surface area contributed by atoms with E-state index < -0.39 is 0 Å². The Morgan fingerprint density at radius 2 is 1.33 bits per heavy atom. The summed E-state index contributed by atoms with van der Waals surface area (Å²) in [5.41, 5.74) is 3.22. The van der Waals surface area contributed by atoms with Crippen LogP contribution in [0.3, 0.4) is 0 Å². The molecular weight excluding hydrogens is 236 g/mol. The fraction of sp³-hybridized carbons (Fsp3) is 0.250. The van der Waals surface area contributed by atoms with Crippen LogP contribution in [0.4, 0.5) is 0 Å². The molecule has 18 heavy (non-hydrogen) atoms. The second-order valence-corrected chi connectivity index (χ2v) is 5.77. The summed E-state index contributed by atoms with van der Waals surface area (Å²) in [5.74, 6) is 0. The zero-order valence-electron chi connectivity index (χ0n) is 10.4. The van der Waals surface area contributed by atoms with Gasteiger partial charge in [0.1, 0.15) is 0 Å². The first-order chi connectivity index (χ1) is 8.92. The number of aliphatic hydroxyl groups excluding tert-OH is 1. The Labute approximate surface area is 111 Å². The van der Waals surface area contributed by atoms with Gasteiger partial charge in [-0.05, 0) is 23.1 Å². The van der Waals surface area contributed by atoms with Gasteiger partial charge in [-0.2, -0.15) is 0 Å². The summed E-state index contributed by atoms with van der Waals surface area (Å²) >= 11 is 0. The lowest BCUT2D eigenvalue weighted by Gasteiger charge is -2.17. The van der Waals surface area contributed by atoms with Gasteiger partial charge in [-0.3, -0.25) is 0 Å². The first-order valence-electron chi connectivity index (χ1n) is 6.36. The summed E-state index contributed by atoms with van der Waals surface area (Å²) < 4.78 is 0. The average Bonchev–Trinajstić information content (AvgIpc) is 2.46. The van der Waals surface area contributed by atoms with Gasteiger partial charge in [0, 0.05) is 6.61 Å². The maximum Gasteiger partial charge on any atom is 0.0535 e. The SMILES string of the molecule is OCCC[Si]C(c1ccccc1)c1ccccc1. The van der Waals surface area contributed by atoms with Gasteiger partial charge in [-0.1, -0.05) is 66.7 Å². The molecule has 0 aliphatic carbocycles. The minimum Gasteiger partial charge on any atom is -0.396 e. The molecule has 0 spiro atoms. The zero-order valence-corrected chi connectivity index (χ0v) is 11.4. The highest BCUT2D eigenvalue weighted by molar-refractivity contribution is 6.39. The van der Waals surface area contributed by atoms with Gasteiger partial charge in [0.05, 0.1) is 9.52 Å². The maximum absolute atomic E-state index is 8.92. The van der Waals surface area contributed by atoms with Crippen LogP contribution in [0.15, 0.2) is 60.7 Å². The molecule has 2 rings (SSSR count). The minimum absolute atomic E-state index is 0.295. The monoisotopic (exact) mass is 254 g/mol. The Bertz CT molecular complexity index is 402. The lowest BCUT2D eigenvalue weighted by Crippen LogP contribution is -2.10. The van der Waals surface area contributed by atoms with E-state index in [1.54, 1.807) is 0 Å². The molecule has 0 aliphatic rings. The van der Waals surface area contributed by atoms with Gasteiger partial charge in [-0.15, -0.1) is 0 Å². The summed E-state index contributed by atoms with van der Waals surface area (Å²) in [7, 11) is 0.825. The highest BCUT2D eigenvalue weighted by Crippen LogP contribution is 2.24. The van der Waals surface area contributed by atoms with Crippen molar-refractivity contribution in [1.29, 1.82) is 0 Å². The Balaban J connectivity index is 2.18. The van der Waals surface area contributed by atoms with Crippen LogP contribution in [0.1, 0.15) is 23.1 Å². The minimum atomic E-state index is 0.295. The molecule has 0 atom stereocenters. The number of hydrogen-bond donors (Lipinski definition) is 1. The van der Waals surface area contributed by atoms with E-state index in [-0.39, 0.29) is 0 Å². The topological polar surface area (TPSA) is 20.2 Å². The molecule has 0 aliphatic heterocycles. The summed E-state index contributed by atoms with van der Waals surface area (Å²) in [6.07, 6.45) is 0.897. The van der Waals surface area contributed by atoms with Crippen LogP contribution in [0.2, 0.25) is 6.04 Å². The second kappa shape index (κ2) is 7.14. The Kier molecular flexibility index (Phi) is 5.18. The number of benzene rings is 2. The van der Waals surface area contributed by atoms with Gasteiger partial charge in [-0.25, -0.2) is 0 Å². The normalized spacial score (nSPS) is 10.8. The van der Waals surface area contributed by atoms with Crippen LogP contribution in [0, 0.1) is 0 Å². The highest BCUT2D eigenvalue weighted by atomic mass is 28.2. The third kappa shape index (κ3) is 3.55. The molecule has 2 aromatic rings. The molecule has 0 heterocycles. The second-order valence-electron chi connectivity index (χ2n) is 4.29. The highest BCUT2D eigenvalue weighted by Gasteiger charge is 2.13. The number of hydrogen-bond acceptors (Lipinski definition) is 1. The predicted molar refractivity (Wildman–Crippen MR) is 77.0 cm³/mol. The lowest BCUT2D eigenvalue weighted by atomic mass is 10.0. The predicted octanol–water partition coefficient (Wildman–Crippen LogP) is 3.28. The summed E-state index contributed by atoms with van der Waals surface area (Å²) in [4.78, 5) is 0. The van der Waals surface area contributed by atoms with E-state index in [9.17, 15) is 0 Å². The van der Waals surface area contributed by atoms with Crippen LogP contribution < -0.4 is 0 Å². The van der Waals surface area contributed by atoms with Gasteiger partial charge in [0.25, 0.3) is 0 Å². The van der Waals surface area contributed by atoms with E-state index in [1.165, 1.54) is 11.1 Å². The van der Waals surface area contributed by atoms with Crippen molar-refractivity contribution in [3.05, 3.63) is 71.8 Å². The van der Waals surface area contributed by atoms with Crippen molar-refractivity contribution >= 4 is 9.52 Å². The molecule has 0 saturated heterocycles. The molecule has 0 unspecified atom stereocenters. The Morgan fingerprint density at radius 3 is 1.78 bits per heavy atom. The third-order valence-electron chi connectivity index (χ3n) is 2.95. The first-order valence-corrected chi connectivity index (χ1v) is 7.64. The number of aliphatic hydroxyl groups is 1. The molecule has 2 aromatic carbocycles. The molecule has 0 aromatic heterocycles. The lowest BCUT2D eigenvalue weighted by molar-refractivity contribution is 0.295. The van der Waals surface area contributed by atoms with Crippen molar-refractivity contribution in [3.8, 4) is 0 Å². The Hall–Kier alpha value is -1.38. The maximum atomic E-state index is 8.92. The summed E-state index contributed by atoms with van der Waals surface area (Å²) in [6, 6.07) is 22.4. The van der Waals surface area contributed by atoms with Gasteiger partial charge in [0.15, 0.2) is 0 Å². The van der Waals surface area contributed by atoms with E-state index in [4.69, 9.17) is 5.11 Å². The van der Waals surface area contributed by atoms with E-state index >= 15 is 0 Å². The van der Waals surface area contributed by atoms with Crippen molar-refractivity contribution < 1.29 is 5.11 Å².